The summed E-state index contributed by atoms with van der Waals surface area (Å²) in [5.74, 6) is 1.98. The second-order valence-electron chi connectivity index (χ2n) is 7.73. The normalized spacial score (nSPS) is 21.6. The zero-order valence-electron chi connectivity index (χ0n) is 16.3. The van der Waals surface area contributed by atoms with Crippen molar-refractivity contribution >= 4 is 17.3 Å². The first kappa shape index (κ1) is 18.0. The highest BCUT2D eigenvalue weighted by Crippen LogP contribution is 2.27. The van der Waals surface area contributed by atoms with Gasteiger partial charge >= 0.3 is 0 Å². The molecule has 1 N–H and O–H groups in total. The second kappa shape index (κ2) is 7.72. The number of hydrogen-bond donors (Lipinski definition) is 1. The molecule has 0 aliphatic carbocycles. The van der Waals surface area contributed by atoms with Crippen LogP contribution >= 0.6 is 0 Å². The van der Waals surface area contributed by atoms with Gasteiger partial charge in [0.15, 0.2) is 0 Å². The molecule has 0 spiro atoms. The Kier molecular flexibility index (Phi) is 5.16. The van der Waals surface area contributed by atoms with E-state index in [1.54, 1.807) is 6.33 Å². The van der Waals surface area contributed by atoms with Crippen molar-refractivity contribution in [3.05, 3.63) is 42.2 Å². The summed E-state index contributed by atoms with van der Waals surface area (Å²) in [6.45, 7) is 9.08. The Labute approximate surface area is 161 Å². The molecule has 2 fully saturated rings. The molecule has 2 aliphatic heterocycles. The molecule has 4 rings (SSSR count). The summed E-state index contributed by atoms with van der Waals surface area (Å²) < 4.78 is 0. The molecule has 0 amide bonds. The molecule has 6 heteroatoms. The fourth-order valence-electron chi connectivity index (χ4n) is 4.20. The van der Waals surface area contributed by atoms with Gasteiger partial charge in [0, 0.05) is 50.5 Å². The lowest BCUT2D eigenvalue weighted by atomic mass is 10.1. The molecule has 0 unspecified atom stereocenters. The smallest absolute Gasteiger partial charge is 0.134 e. The molecule has 1 aromatic carbocycles. The lowest BCUT2D eigenvalue weighted by molar-refractivity contribution is 0.145. The van der Waals surface area contributed by atoms with Gasteiger partial charge in [-0.1, -0.05) is 18.2 Å². The predicted octanol–water partition coefficient (Wildman–Crippen LogP) is 2.46. The van der Waals surface area contributed by atoms with Crippen LogP contribution < -0.4 is 14.7 Å². The van der Waals surface area contributed by atoms with Crippen LogP contribution in [0.5, 0.6) is 0 Å². The highest BCUT2D eigenvalue weighted by molar-refractivity contribution is 5.56. The predicted molar refractivity (Wildman–Crippen MR) is 110 cm³/mol. The lowest BCUT2D eigenvalue weighted by Crippen LogP contribution is -2.52. The molecule has 2 aliphatic rings. The summed E-state index contributed by atoms with van der Waals surface area (Å²) in [6, 6.07) is 11.1. The van der Waals surface area contributed by atoms with Gasteiger partial charge in [0.25, 0.3) is 0 Å². The van der Waals surface area contributed by atoms with Crippen LogP contribution in [0.25, 0.3) is 0 Å². The minimum atomic E-state index is -0.169. The molecule has 27 heavy (non-hydrogen) atoms. The van der Waals surface area contributed by atoms with Gasteiger partial charge in [-0.3, -0.25) is 0 Å². The van der Waals surface area contributed by atoms with E-state index in [0.29, 0.717) is 6.04 Å². The summed E-state index contributed by atoms with van der Waals surface area (Å²) >= 11 is 0. The SMILES string of the molecule is Cc1ccccc1N1CCN(c2cc(N3CCC(O)CC3)ncn2)[C@@H](C)C1. The largest absolute Gasteiger partial charge is 0.393 e. The first-order chi connectivity index (χ1) is 13.1. The number of aromatic nitrogens is 2. The third kappa shape index (κ3) is 3.86. The molecule has 2 aromatic rings. The highest BCUT2D eigenvalue weighted by Gasteiger charge is 2.26. The fourth-order valence-corrected chi connectivity index (χ4v) is 4.20. The summed E-state index contributed by atoms with van der Waals surface area (Å²) in [7, 11) is 0. The van der Waals surface area contributed by atoms with Crippen molar-refractivity contribution in [3.8, 4) is 0 Å². The lowest BCUT2D eigenvalue weighted by Gasteiger charge is -2.42. The number of piperazine rings is 1. The second-order valence-corrected chi connectivity index (χ2v) is 7.73. The Morgan fingerprint density at radius 3 is 2.44 bits per heavy atom. The van der Waals surface area contributed by atoms with Crippen molar-refractivity contribution < 1.29 is 5.11 Å². The number of aliphatic hydroxyl groups excluding tert-OH is 1. The summed E-state index contributed by atoms with van der Waals surface area (Å²) in [4.78, 5) is 16.2. The third-order valence-corrected chi connectivity index (χ3v) is 5.80. The molecule has 0 bridgehead atoms. The molecule has 0 radical (unpaired) electrons. The van der Waals surface area contributed by atoms with Gasteiger partial charge in [0.05, 0.1) is 6.10 Å². The first-order valence-electron chi connectivity index (χ1n) is 9.94. The van der Waals surface area contributed by atoms with Gasteiger partial charge < -0.3 is 19.8 Å². The van der Waals surface area contributed by atoms with E-state index in [-0.39, 0.29) is 6.10 Å². The van der Waals surface area contributed by atoms with Gasteiger partial charge in [0.1, 0.15) is 18.0 Å². The molecular weight excluding hydrogens is 338 g/mol. The summed E-state index contributed by atoms with van der Waals surface area (Å²) in [5, 5.41) is 9.73. The third-order valence-electron chi connectivity index (χ3n) is 5.80. The Bertz CT molecular complexity index is 775. The van der Waals surface area contributed by atoms with Crippen molar-refractivity contribution in [2.75, 3.05) is 47.4 Å². The van der Waals surface area contributed by atoms with E-state index in [0.717, 1.165) is 57.2 Å². The van der Waals surface area contributed by atoms with Crippen molar-refractivity contribution in [2.24, 2.45) is 0 Å². The topological polar surface area (TPSA) is 55.7 Å². The Morgan fingerprint density at radius 2 is 1.70 bits per heavy atom. The van der Waals surface area contributed by atoms with E-state index < -0.39 is 0 Å². The number of para-hydroxylation sites is 1. The number of piperidine rings is 1. The molecule has 1 atom stereocenters. The van der Waals surface area contributed by atoms with E-state index in [1.807, 2.05) is 0 Å². The Morgan fingerprint density at radius 1 is 0.963 bits per heavy atom. The zero-order chi connectivity index (χ0) is 18.8. The minimum absolute atomic E-state index is 0.169. The minimum Gasteiger partial charge on any atom is -0.393 e. The molecule has 144 valence electrons. The number of benzene rings is 1. The molecule has 3 heterocycles. The molecule has 6 nitrogen and oxygen atoms in total. The standard InChI is InChI=1S/C21H29N5O/c1-16-5-3-4-6-19(16)25-11-12-26(17(2)14-25)21-13-20(22-15-23-21)24-9-7-18(27)8-10-24/h3-6,13,15,17-18,27H,7-12,14H2,1-2H3/t17-/m0/s1. The van der Waals surface area contributed by atoms with Crippen LogP contribution in [0.15, 0.2) is 36.7 Å². The van der Waals surface area contributed by atoms with E-state index in [2.05, 4.69) is 68.8 Å². The summed E-state index contributed by atoms with van der Waals surface area (Å²) in [6.07, 6.45) is 3.13. The van der Waals surface area contributed by atoms with Crippen molar-refractivity contribution in [1.82, 2.24) is 9.97 Å². The van der Waals surface area contributed by atoms with E-state index in [9.17, 15) is 5.11 Å². The van der Waals surface area contributed by atoms with E-state index >= 15 is 0 Å². The molecule has 2 saturated heterocycles. The number of hydrogen-bond acceptors (Lipinski definition) is 6. The van der Waals surface area contributed by atoms with Crippen LogP contribution in [-0.2, 0) is 0 Å². The van der Waals surface area contributed by atoms with Crippen LogP contribution in [0, 0.1) is 6.92 Å². The number of anilines is 3. The highest BCUT2D eigenvalue weighted by atomic mass is 16.3. The van der Waals surface area contributed by atoms with Crippen LogP contribution in [-0.4, -0.2) is 59.9 Å². The quantitative estimate of drug-likeness (QED) is 0.899. The number of rotatable bonds is 3. The van der Waals surface area contributed by atoms with E-state index in [4.69, 9.17) is 0 Å². The van der Waals surface area contributed by atoms with Gasteiger partial charge in [0.2, 0.25) is 0 Å². The fraction of sp³-hybridized carbons (Fsp3) is 0.524. The van der Waals surface area contributed by atoms with Crippen LogP contribution in [0.2, 0.25) is 0 Å². The molecule has 1 aromatic heterocycles. The summed E-state index contributed by atoms with van der Waals surface area (Å²) in [5.41, 5.74) is 2.66. The maximum Gasteiger partial charge on any atom is 0.134 e. The van der Waals surface area contributed by atoms with Crippen LogP contribution in [0.4, 0.5) is 17.3 Å². The van der Waals surface area contributed by atoms with Gasteiger partial charge in [-0.15, -0.1) is 0 Å². The van der Waals surface area contributed by atoms with Gasteiger partial charge in [-0.2, -0.15) is 0 Å². The van der Waals surface area contributed by atoms with Crippen molar-refractivity contribution in [3.63, 3.8) is 0 Å². The van der Waals surface area contributed by atoms with Crippen molar-refractivity contribution in [1.29, 1.82) is 0 Å². The molecular formula is C21H29N5O. The average molecular weight is 367 g/mol. The van der Waals surface area contributed by atoms with Gasteiger partial charge in [-0.05, 0) is 38.3 Å². The monoisotopic (exact) mass is 367 g/mol. The Hall–Kier alpha value is -2.34. The maximum atomic E-state index is 9.73. The van der Waals surface area contributed by atoms with Gasteiger partial charge in [-0.25, -0.2) is 9.97 Å². The van der Waals surface area contributed by atoms with Crippen molar-refractivity contribution in [2.45, 2.75) is 38.8 Å². The zero-order valence-corrected chi connectivity index (χ0v) is 16.3. The average Bonchev–Trinajstić information content (AvgIpc) is 2.69. The van der Waals surface area contributed by atoms with E-state index in [1.165, 1.54) is 11.3 Å². The maximum absolute atomic E-state index is 9.73. The molecule has 0 saturated carbocycles. The number of aryl methyl sites for hydroxylation is 1. The number of aliphatic hydroxyl groups is 1. The number of nitrogens with zero attached hydrogens (tertiary/aromatic N) is 5. The Balaban J connectivity index is 1.47. The van der Waals surface area contributed by atoms with Crippen LogP contribution in [0.3, 0.4) is 0 Å². The first-order valence-corrected chi connectivity index (χ1v) is 9.94. The van der Waals surface area contributed by atoms with Crippen LogP contribution in [0.1, 0.15) is 25.3 Å².